The summed E-state index contributed by atoms with van der Waals surface area (Å²) in [5.74, 6) is 5.37. The van der Waals surface area contributed by atoms with Crippen LogP contribution in [0.15, 0.2) is 46.6 Å². The second kappa shape index (κ2) is 33.8. The number of carboxylic acid groups (broad SMARTS) is 2. The zero-order valence-electron chi connectivity index (χ0n) is 92.1. The van der Waals surface area contributed by atoms with Gasteiger partial charge in [0.15, 0.2) is 0 Å². The minimum absolute atomic E-state index is 0. The molecule has 0 heterocycles. The fourth-order valence-electron chi connectivity index (χ4n) is 42.5. The predicted octanol–water partition coefficient (Wildman–Crippen LogP) is 23.5. The summed E-state index contributed by atoms with van der Waals surface area (Å²) in [5.41, 5.74) is 7.03. The first-order valence-electron chi connectivity index (χ1n) is 55.5. The molecular weight excluding hydrogens is 1700 g/mol. The Balaban J connectivity index is 0.000000137. The fourth-order valence-corrected chi connectivity index (χ4v) is 42.5. The Labute approximate surface area is 844 Å². The number of allylic oxidation sites excluding steroid dienone is 8. The van der Waals surface area contributed by atoms with Crippen LogP contribution in [0.4, 0.5) is 0 Å². The number of ketones is 2. The average Bonchev–Trinajstić information content (AvgIpc) is 0.685. The van der Waals surface area contributed by atoms with Gasteiger partial charge in [-0.2, -0.15) is 0 Å². The number of carbonyl (C=O) groups is 6. The van der Waals surface area contributed by atoms with Crippen molar-refractivity contribution in [3.63, 3.8) is 0 Å². The molecule has 12 unspecified atom stereocenters. The van der Waals surface area contributed by atoms with Crippen LogP contribution in [0.3, 0.4) is 0 Å². The maximum Gasteiger partial charge on any atom is 1.00 e. The summed E-state index contributed by atoms with van der Waals surface area (Å²) in [5, 5.41) is 42.8. The van der Waals surface area contributed by atoms with Crippen molar-refractivity contribution in [1.29, 1.82) is 0 Å². The van der Waals surface area contributed by atoms with Crippen LogP contribution in [0.5, 0.6) is 0 Å². The van der Waals surface area contributed by atoms with Crippen molar-refractivity contribution in [2.45, 2.75) is 463 Å². The smallest absolute Gasteiger partial charge is 1.00 e. The number of fused-ring (bicyclic) bond motifs is 28. The molecule has 0 aromatic rings. The quantitative estimate of drug-likeness (QED) is 0.118. The second-order valence-electron chi connectivity index (χ2n) is 60.1. The van der Waals surface area contributed by atoms with E-state index in [4.69, 9.17) is 9.47 Å². The number of aliphatic hydroxyl groups excluding tert-OH is 2. The van der Waals surface area contributed by atoms with E-state index in [0.29, 0.717) is 70.7 Å². The van der Waals surface area contributed by atoms with Gasteiger partial charge in [-0.1, -0.05) is 240 Å². The number of ether oxygens (including phenoxy) is 2. The SMILES string of the molecule is CC1(C)CCC2(C(=O)O)CC[C@@]3(C)C(=CCC4[C@@]5(C)CCC(=O)C(C)(C)C5CC[C@]43C)[C@@H]2C1.CC1(C)CCC2(C(=O)O)CC[C@@]3(C)C(=CCC4[C@@]5(C)CC[C@H](O)C(C)(C)C5CC[C@]43C)[C@@H]2C1.COC(=O)C12CCC(C)(C)C[C@H]1C1=CCC3[C@@]4(C)CCC(=O)C(C)(C)C4CC[C@@]3(C)[C@@]1(C)CC2.COC(=O)C12CCC(C)(C)C[C@H]1C1=CCC3[C@@]4(C)CC[C@H](O)C(C)(C)C4CC[C@@]3(C)[C@@]1(C)CC2.[Cl-].[Li+]. The Hall–Kier alpha value is -3.01. The standard InChI is InChI=1S/C31H50O3.C31H48O3.C30H48O3.C30H46O3.ClH.Li/c2*1-26(2)15-17-31(25(33)34-8)18-16-29(6)20(21(31)19-26)9-10-23-28(5)13-12-24(32)27(3,4)22(28)11-14-30(23,29)7;2*1-25(2)14-16-30(24(32)33)17-15-28(6)19(20(30)18-25)8-9-22-27(5)12-11-23(31)26(3,4)21(27)10-13-29(22,28)7;;/h9,21-24,32H,10-19H2,1-8H3;9,21-23H,10-19H2,1-8H3;8,20-23,31H,9-18H2,1-7H3,(H,32,33);8,20-22H,9-18H2,1-7H3,(H,32,33);1H;/q;;;;;+1/p-1/t21-,22?,23?,24-,28-,29-,30+,31?;21-,22?,23?,28-,29-,30+,31?;20-,21?,22?,23-,27-,28-,29+,30?;20-,21?,22?,27-,28-,29+,30?;;/m0000../s1. The van der Waals surface area contributed by atoms with Gasteiger partial charge in [-0.15, -0.1) is 0 Å². The third-order valence-electron chi connectivity index (χ3n) is 52.0. The Kier molecular flexibility index (Phi) is 26.6. The monoisotopic (exact) mass is 1890 g/mol. The van der Waals surface area contributed by atoms with Gasteiger partial charge in [0.05, 0.1) is 48.1 Å². The number of halogens is 1. The molecule has 0 radical (unpaired) electrons. The van der Waals surface area contributed by atoms with Gasteiger partial charge < -0.3 is 42.3 Å². The third kappa shape index (κ3) is 14.6. The molecule has 12 nitrogen and oxygen atoms in total. The number of rotatable bonds is 4. The Bertz CT molecular complexity index is 4860. The predicted molar refractivity (Wildman–Crippen MR) is 537 cm³/mol. The molecule has 30 atom stereocenters. The maximum atomic E-state index is 13.3. The number of esters is 2. The molecule has 136 heavy (non-hydrogen) atoms. The molecule has 0 amide bonds. The first-order valence-corrected chi connectivity index (χ1v) is 55.5. The van der Waals surface area contributed by atoms with E-state index in [1.807, 2.05) is 0 Å². The zero-order chi connectivity index (χ0) is 98.4. The van der Waals surface area contributed by atoms with Crippen molar-refractivity contribution < 1.29 is 89.9 Å². The normalized spacial score (nSPS) is 49.9. The van der Waals surface area contributed by atoms with Crippen LogP contribution in [0, 0.1) is 201 Å². The van der Waals surface area contributed by atoms with Crippen LogP contribution in [0.25, 0.3) is 0 Å². The van der Waals surface area contributed by atoms with E-state index in [1.165, 1.54) is 49.7 Å². The summed E-state index contributed by atoms with van der Waals surface area (Å²) in [4.78, 5) is 78.0. The Morgan fingerprint density at radius 1 is 0.287 bits per heavy atom. The molecule has 760 valence electrons. The molecule has 4 N–H and O–H groups in total. The molecule has 0 saturated heterocycles. The number of carboxylic acids is 2. The minimum atomic E-state index is -0.565. The van der Waals surface area contributed by atoms with Crippen molar-refractivity contribution in [3.8, 4) is 0 Å². The molecule has 14 heteroatoms. The van der Waals surface area contributed by atoms with Crippen LogP contribution < -0.4 is 31.3 Å². The topological polar surface area (TPSA) is 202 Å². The van der Waals surface area contributed by atoms with E-state index >= 15 is 0 Å². The molecule has 20 aliphatic rings. The molecule has 16 fully saturated rings. The molecule has 16 saturated carbocycles. The van der Waals surface area contributed by atoms with Crippen LogP contribution >= 0.6 is 0 Å². The maximum absolute atomic E-state index is 13.3. The van der Waals surface area contributed by atoms with E-state index < -0.39 is 22.8 Å². The van der Waals surface area contributed by atoms with Crippen LogP contribution in [-0.2, 0) is 38.2 Å². The fraction of sp³-hybridized carbons (Fsp3) is 0.885. The molecule has 20 rings (SSSR count). The summed E-state index contributed by atoms with van der Waals surface area (Å²) in [7, 11) is 3.18. The van der Waals surface area contributed by atoms with Gasteiger partial charge in [0, 0.05) is 23.7 Å². The van der Waals surface area contributed by atoms with Gasteiger partial charge in [-0.25, -0.2) is 0 Å². The first kappa shape index (κ1) is 107. The zero-order valence-corrected chi connectivity index (χ0v) is 92.9. The molecular formula is C122H192ClLiO12. The van der Waals surface area contributed by atoms with Crippen molar-refractivity contribution in [1.82, 2.24) is 0 Å². The van der Waals surface area contributed by atoms with Crippen LogP contribution in [0.1, 0.15) is 451 Å². The summed E-state index contributed by atoms with van der Waals surface area (Å²) >= 11 is 0. The van der Waals surface area contributed by atoms with Crippen LogP contribution in [0.2, 0.25) is 0 Å². The van der Waals surface area contributed by atoms with Gasteiger partial charge in [0.1, 0.15) is 11.6 Å². The molecule has 20 aliphatic carbocycles. The number of hydrogen-bond donors (Lipinski definition) is 4. The van der Waals surface area contributed by atoms with E-state index in [0.717, 1.165) is 218 Å². The van der Waals surface area contributed by atoms with Gasteiger partial charge in [-0.3, -0.25) is 28.8 Å². The van der Waals surface area contributed by atoms with Crippen molar-refractivity contribution in [2.75, 3.05) is 14.2 Å². The van der Waals surface area contributed by atoms with E-state index in [-0.39, 0.29) is 186 Å². The number of Topliss-reactive ketones (excluding diaryl/α,β-unsaturated/α-hetero) is 2. The molecule has 0 spiro atoms. The second-order valence-corrected chi connectivity index (χ2v) is 60.1. The van der Waals surface area contributed by atoms with Crippen molar-refractivity contribution in [2.24, 2.45) is 201 Å². The minimum Gasteiger partial charge on any atom is -1.00 e. The number of aliphatic carboxylic acids is 2. The van der Waals surface area contributed by atoms with Crippen molar-refractivity contribution >= 4 is 35.4 Å². The molecule has 0 bridgehead atoms. The summed E-state index contributed by atoms with van der Waals surface area (Å²) < 4.78 is 11.0. The summed E-state index contributed by atoms with van der Waals surface area (Å²) in [6, 6.07) is 0. The summed E-state index contributed by atoms with van der Waals surface area (Å²) in [6.07, 6.45) is 51.3. The number of hydrogen-bond acceptors (Lipinski definition) is 10. The largest absolute Gasteiger partial charge is 1.00 e. The molecule has 0 aromatic heterocycles. The van der Waals surface area contributed by atoms with Gasteiger partial charge in [0.2, 0.25) is 0 Å². The third-order valence-corrected chi connectivity index (χ3v) is 52.0. The molecule has 0 aromatic carbocycles. The number of carbonyl (C=O) groups excluding carboxylic acids is 4. The van der Waals surface area contributed by atoms with Crippen molar-refractivity contribution in [3.05, 3.63) is 46.6 Å². The van der Waals surface area contributed by atoms with Crippen LogP contribution in [-0.4, -0.2) is 82.3 Å². The summed E-state index contributed by atoms with van der Waals surface area (Å²) in [6.45, 7) is 67.7. The Morgan fingerprint density at radius 3 is 0.757 bits per heavy atom. The van der Waals surface area contributed by atoms with Gasteiger partial charge in [-0.05, 0) is 412 Å². The van der Waals surface area contributed by atoms with Gasteiger partial charge >= 0.3 is 42.7 Å². The van der Waals surface area contributed by atoms with E-state index in [2.05, 4.69) is 218 Å². The van der Waals surface area contributed by atoms with E-state index in [9.17, 15) is 49.2 Å². The van der Waals surface area contributed by atoms with Gasteiger partial charge in [0.25, 0.3) is 0 Å². The van der Waals surface area contributed by atoms with E-state index in [1.54, 1.807) is 25.4 Å². The number of methoxy groups -OCH3 is 2. The Morgan fingerprint density at radius 2 is 0.507 bits per heavy atom. The molecule has 0 aliphatic heterocycles. The average molecular weight is 1890 g/mol. The number of aliphatic hydroxyl groups is 2. The first-order chi connectivity index (χ1) is 61.6.